The summed E-state index contributed by atoms with van der Waals surface area (Å²) in [6.07, 6.45) is 5.40. The molecule has 0 aromatic carbocycles. The summed E-state index contributed by atoms with van der Waals surface area (Å²) >= 11 is 0. The van der Waals surface area contributed by atoms with Crippen LogP contribution in [0.4, 0.5) is 0 Å². The number of hydrogen-bond acceptors (Lipinski definition) is 4. The Labute approximate surface area is 129 Å². The fourth-order valence-electron chi connectivity index (χ4n) is 3.31. The Kier molecular flexibility index (Phi) is 6.18. The molecule has 0 amide bonds. The summed E-state index contributed by atoms with van der Waals surface area (Å²) in [5, 5.41) is 8.05. The summed E-state index contributed by atoms with van der Waals surface area (Å²) in [4.78, 5) is 7.09. The monoisotopic (exact) mass is 293 g/mol. The lowest BCUT2D eigenvalue weighted by Crippen LogP contribution is -2.58. The van der Waals surface area contributed by atoms with E-state index in [4.69, 9.17) is 0 Å². The van der Waals surface area contributed by atoms with E-state index in [0.717, 1.165) is 32.0 Å². The zero-order valence-corrected chi connectivity index (χ0v) is 14.0. The zero-order valence-electron chi connectivity index (χ0n) is 14.0. The van der Waals surface area contributed by atoms with Crippen LogP contribution in [0, 0.1) is 5.92 Å². The van der Waals surface area contributed by atoms with Crippen molar-refractivity contribution >= 4 is 0 Å². The Balaban J connectivity index is 2.09. The van der Waals surface area contributed by atoms with Gasteiger partial charge in [0.1, 0.15) is 12.2 Å². The molecular weight excluding hydrogens is 262 g/mol. The van der Waals surface area contributed by atoms with Gasteiger partial charge in [0, 0.05) is 31.7 Å². The van der Waals surface area contributed by atoms with Gasteiger partial charge in [0.2, 0.25) is 0 Å². The third-order valence-corrected chi connectivity index (χ3v) is 4.82. The molecule has 1 saturated heterocycles. The second kappa shape index (κ2) is 7.90. The van der Waals surface area contributed by atoms with E-state index >= 15 is 0 Å². The minimum atomic E-state index is 0.602. The van der Waals surface area contributed by atoms with Crippen molar-refractivity contribution in [1.29, 1.82) is 0 Å². The molecule has 21 heavy (non-hydrogen) atoms. The zero-order chi connectivity index (χ0) is 15.2. The lowest BCUT2D eigenvalue weighted by Gasteiger charge is -2.43. The molecule has 1 N–H and O–H groups in total. The summed E-state index contributed by atoms with van der Waals surface area (Å²) < 4.78 is 2.02. The van der Waals surface area contributed by atoms with Crippen molar-refractivity contribution in [3.05, 3.63) is 12.2 Å². The molecule has 0 bridgehead atoms. The van der Waals surface area contributed by atoms with Crippen molar-refractivity contribution in [2.75, 3.05) is 13.1 Å². The first-order valence-corrected chi connectivity index (χ1v) is 8.53. The number of aromatic nitrogens is 3. The summed E-state index contributed by atoms with van der Waals surface area (Å²) in [7, 11) is 0. The van der Waals surface area contributed by atoms with Gasteiger partial charge in [-0.05, 0) is 19.3 Å². The number of hydrogen-bond donors (Lipinski definition) is 1. The van der Waals surface area contributed by atoms with Gasteiger partial charge in [-0.1, -0.05) is 33.6 Å². The van der Waals surface area contributed by atoms with E-state index in [1.54, 1.807) is 6.33 Å². The molecule has 3 unspecified atom stereocenters. The van der Waals surface area contributed by atoms with Gasteiger partial charge in [0.05, 0.1) is 6.54 Å². The first-order valence-electron chi connectivity index (χ1n) is 8.53. The minimum absolute atomic E-state index is 0.602. The standard InChI is InChI=1S/C16H31N5/c1-5-8-14-10-20(15(9-17-14)13(4)6-2)11-16-18-12-19-21(16)7-3/h12-15,17H,5-11H2,1-4H3. The van der Waals surface area contributed by atoms with Crippen LogP contribution in [0.2, 0.25) is 0 Å². The largest absolute Gasteiger partial charge is 0.311 e. The molecule has 120 valence electrons. The van der Waals surface area contributed by atoms with Crippen molar-refractivity contribution in [1.82, 2.24) is 25.0 Å². The van der Waals surface area contributed by atoms with Crippen LogP contribution < -0.4 is 5.32 Å². The quantitative estimate of drug-likeness (QED) is 0.838. The smallest absolute Gasteiger partial charge is 0.141 e. The summed E-state index contributed by atoms with van der Waals surface area (Å²) in [6, 6.07) is 1.22. The van der Waals surface area contributed by atoms with Crippen LogP contribution in [0.3, 0.4) is 0 Å². The van der Waals surface area contributed by atoms with E-state index in [-0.39, 0.29) is 0 Å². The molecule has 1 aromatic rings. The predicted octanol–water partition coefficient (Wildman–Crippen LogP) is 2.29. The Bertz CT molecular complexity index is 417. The molecular formula is C16H31N5. The molecule has 2 heterocycles. The van der Waals surface area contributed by atoms with Crippen LogP contribution in [0.25, 0.3) is 0 Å². The maximum atomic E-state index is 4.46. The van der Waals surface area contributed by atoms with Crippen LogP contribution in [0.1, 0.15) is 52.8 Å². The first-order chi connectivity index (χ1) is 10.2. The molecule has 1 fully saturated rings. The fraction of sp³-hybridized carbons (Fsp3) is 0.875. The second-order valence-corrected chi connectivity index (χ2v) is 6.27. The maximum absolute atomic E-state index is 4.46. The highest BCUT2D eigenvalue weighted by Gasteiger charge is 2.31. The average molecular weight is 293 g/mol. The Morgan fingerprint density at radius 1 is 1.38 bits per heavy atom. The molecule has 5 heteroatoms. The van der Waals surface area contributed by atoms with Crippen LogP contribution in [-0.4, -0.2) is 44.8 Å². The molecule has 5 nitrogen and oxygen atoms in total. The Morgan fingerprint density at radius 3 is 2.86 bits per heavy atom. The highest BCUT2D eigenvalue weighted by atomic mass is 15.4. The topological polar surface area (TPSA) is 46.0 Å². The van der Waals surface area contributed by atoms with Crippen molar-refractivity contribution in [2.24, 2.45) is 5.92 Å². The summed E-state index contributed by atoms with van der Waals surface area (Å²) in [5.74, 6) is 1.81. The highest BCUT2D eigenvalue weighted by molar-refractivity contribution is 4.93. The lowest BCUT2D eigenvalue weighted by atomic mass is 9.93. The van der Waals surface area contributed by atoms with Crippen LogP contribution in [0.15, 0.2) is 6.33 Å². The minimum Gasteiger partial charge on any atom is -0.311 e. The van der Waals surface area contributed by atoms with E-state index in [1.807, 2.05) is 4.68 Å². The van der Waals surface area contributed by atoms with E-state index in [9.17, 15) is 0 Å². The van der Waals surface area contributed by atoms with Crippen molar-refractivity contribution in [3.63, 3.8) is 0 Å². The predicted molar refractivity (Wildman–Crippen MR) is 86.0 cm³/mol. The number of aryl methyl sites for hydroxylation is 1. The molecule has 2 rings (SSSR count). The van der Waals surface area contributed by atoms with Gasteiger partial charge in [-0.25, -0.2) is 9.67 Å². The number of nitrogens with one attached hydrogen (secondary N) is 1. The van der Waals surface area contributed by atoms with Gasteiger partial charge in [-0.3, -0.25) is 4.90 Å². The Hall–Kier alpha value is -0.940. The first kappa shape index (κ1) is 16.4. The van der Waals surface area contributed by atoms with Gasteiger partial charge in [-0.15, -0.1) is 0 Å². The van der Waals surface area contributed by atoms with Gasteiger partial charge >= 0.3 is 0 Å². The summed E-state index contributed by atoms with van der Waals surface area (Å²) in [6.45, 7) is 13.1. The number of piperazine rings is 1. The number of rotatable bonds is 7. The lowest BCUT2D eigenvalue weighted by molar-refractivity contribution is 0.0780. The molecule has 1 aromatic heterocycles. The SMILES string of the molecule is CCCC1CN(Cc2ncnn2CC)C(C(C)CC)CN1. The van der Waals surface area contributed by atoms with Gasteiger partial charge < -0.3 is 5.32 Å². The molecule has 0 spiro atoms. The van der Waals surface area contributed by atoms with Crippen molar-refractivity contribution in [2.45, 2.75) is 72.1 Å². The molecule has 0 aliphatic carbocycles. The van der Waals surface area contributed by atoms with E-state index in [2.05, 4.69) is 48.0 Å². The molecule has 0 radical (unpaired) electrons. The van der Waals surface area contributed by atoms with Crippen molar-refractivity contribution in [3.8, 4) is 0 Å². The molecule has 1 aliphatic rings. The maximum Gasteiger partial charge on any atom is 0.141 e. The van der Waals surface area contributed by atoms with E-state index in [0.29, 0.717) is 18.0 Å². The van der Waals surface area contributed by atoms with Gasteiger partial charge in [0.15, 0.2) is 0 Å². The van der Waals surface area contributed by atoms with Crippen LogP contribution >= 0.6 is 0 Å². The number of nitrogens with zero attached hydrogens (tertiary/aromatic N) is 4. The van der Waals surface area contributed by atoms with E-state index < -0.39 is 0 Å². The fourth-order valence-corrected chi connectivity index (χ4v) is 3.31. The third kappa shape index (κ3) is 4.04. The van der Waals surface area contributed by atoms with Crippen molar-refractivity contribution < 1.29 is 0 Å². The molecule has 3 atom stereocenters. The second-order valence-electron chi connectivity index (χ2n) is 6.27. The average Bonchev–Trinajstić information content (AvgIpc) is 2.94. The molecule has 0 saturated carbocycles. The Morgan fingerprint density at radius 2 is 2.19 bits per heavy atom. The third-order valence-electron chi connectivity index (χ3n) is 4.82. The summed E-state index contributed by atoms with van der Waals surface area (Å²) in [5.41, 5.74) is 0. The van der Waals surface area contributed by atoms with Gasteiger partial charge in [0.25, 0.3) is 0 Å². The van der Waals surface area contributed by atoms with Crippen LogP contribution in [-0.2, 0) is 13.1 Å². The van der Waals surface area contributed by atoms with E-state index in [1.165, 1.54) is 19.3 Å². The highest BCUT2D eigenvalue weighted by Crippen LogP contribution is 2.21. The molecule has 1 aliphatic heterocycles. The van der Waals surface area contributed by atoms with Crippen LogP contribution in [0.5, 0.6) is 0 Å². The normalized spacial score (nSPS) is 25.1. The van der Waals surface area contributed by atoms with Gasteiger partial charge in [-0.2, -0.15) is 5.10 Å².